The standard InChI is InChI=1S/C9H13ClN2O3S/c1-12(16(14,15)11-6-7-13)9-5-3-2-4-8(9)10/h2-5,11,13H,6-7H2,1H3. The summed E-state index contributed by atoms with van der Waals surface area (Å²) in [7, 11) is -2.27. The molecule has 0 spiro atoms. The van der Waals surface area contributed by atoms with Gasteiger partial charge in [-0.05, 0) is 12.1 Å². The van der Waals surface area contributed by atoms with E-state index in [4.69, 9.17) is 16.7 Å². The van der Waals surface area contributed by atoms with E-state index in [1.165, 1.54) is 7.05 Å². The molecule has 0 saturated carbocycles. The number of aliphatic hydroxyl groups excluding tert-OH is 1. The normalized spacial score (nSPS) is 11.4. The molecule has 0 unspecified atom stereocenters. The molecule has 0 saturated heterocycles. The number of hydrogen-bond acceptors (Lipinski definition) is 3. The lowest BCUT2D eigenvalue weighted by Crippen LogP contribution is -2.39. The van der Waals surface area contributed by atoms with Crippen LogP contribution in [0.3, 0.4) is 0 Å². The van der Waals surface area contributed by atoms with Crippen molar-refractivity contribution in [2.45, 2.75) is 0 Å². The lowest BCUT2D eigenvalue weighted by atomic mass is 10.3. The fourth-order valence-electron chi connectivity index (χ4n) is 1.11. The molecule has 0 aliphatic heterocycles. The fourth-order valence-corrected chi connectivity index (χ4v) is 2.38. The van der Waals surface area contributed by atoms with Crippen LogP contribution < -0.4 is 9.03 Å². The monoisotopic (exact) mass is 264 g/mol. The summed E-state index contributed by atoms with van der Waals surface area (Å²) in [5.41, 5.74) is 0.384. The van der Waals surface area contributed by atoms with Crippen molar-refractivity contribution < 1.29 is 13.5 Å². The molecule has 0 atom stereocenters. The molecule has 0 bridgehead atoms. The van der Waals surface area contributed by atoms with Crippen LogP contribution in [-0.2, 0) is 10.2 Å². The van der Waals surface area contributed by atoms with Gasteiger partial charge in [-0.3, -0.25) is 4.31 Å². The molecule has 1 rings (SSSR count). The third-order valence-corrected chi connectivity index (χ3v) is 3.75. The minimum atomic E-state index is -3.66. The molecule has 0 heterocycles. The third-order valence-electron chi connectivity index (χ3n) is 1.95. The van der Waals surface area contributed by atoms with Gasteiger partial charge >= 0.3 is 10.2 Å². The summed E-state index contributed by atoms with van der Waals surface area (Å²) in [6.07, 6.45) is 0. The minimum absolute atomic E-state index is 0.0306. The van der Waals surface area contributed by atoms with E-state index < -0.39 is 10.2 Å². The first kappa shape index (κ1) is 13.2. The Morgan fingerprint density at radius 1 is 1.44 bits per heavy atom. The van der Waals surface area contributed by atoms with E-state index in [0.717, 1.165) is 4.31 Å². The second-order valence-electron chi connectivity index (χ2n) is 3.04. The Kier molecular flexibility index (Phi) is 4.55. The van der Waals surface area contributed by atoms with Crippen molar-refractivity contribution in [3.63, 3.8) is 0 Å². The minimum Gasteiger partial charge on any atom is -0.395 e. The van der Waals surface area contributed by atoms with E-state index in [1.807, 2.05) is 0 Å². The maximum atomic E-state index is 11.7. The summed E-state index contributed by atoms with van der Waals surface area (Å²) >= 11 is 5.88. The zero-order valence-corrected chi connectivity index (χ0v) is 10.3. The van der Waals surface area contributed by atoms with Crippen molar-refractivity contribution in [3.8, 4) is 0 Å². The van der Waals surface area contributed by atoms with Crippen molar-refractivity contribution in [1.82, 2.24) is 4.72 Å². The van der Waals surface area contributed by atoms with Crippen LogP contribution in [0.15, 0.2) is 24.3 Å². The largest absolute Gasteiger partial charge is 0.395 e. The fraction of sp³-hybridized carbons (Fsp3) is 0.333. The quantitative estimate of drug-likeness (QED) is 0.818. The predicted octanol–water partition coefficient (Wildman–Crippen LogP) is 0.603. The van der Waals surface area contributed by atoms with E-state index in [9.17, 15) is 8.42 Å². The van der Waals surface area contributed by atoms with Gasteiger partial charge in [0, 0.05) is 13.6 Å². The lowest BCUT2D eigenvalue weighted by Gasteiger charge is -2.20. The Morgan fingerprint density at radius 2 is 2.06 bits per heavy atom. The van der Waals surface area contributed by atoms with E-state index in [1.54, 1.807) is 24.3 Å². The van der Waals surface area contributed by atoms with E-state index in [2.05, 4.69) is 4.72 Å². The molecular formula is C9H13ClN2O3S. The Hall–Kier alpha value is -0.820. The van der Waals surface area contributed by atoms with Crippen LogP contribution in [0.5, 0.6) is 0 Å². The van der Waals surface area contributed by atoms with Crippen molar-refractivity contribution in [2.24, 2.45) is 0 Å². The number of rotatable bonds is 5. The number of halogens is 1. The van der Waals surface area contributed by atoms with Gasteiger partial charge in [0.25, 0.3) is 0 Å². The lowest BCUT2D eigenvalue weighted by molar-refractivity contribution is 0.301. The van der Waals surface area contributed by atoms with E-state index >= 15 is 0 Å². The molecule has 0 fully saturated rings. The molecule has 5 nitrogen and oxygen atoms in total. The average Bonchev–Trinajstić information content (AvgIpc) is 2.26. The second kappa shape index (κ2) is 5.49. The van der Waals surface area contributed by atoms with Gasteiger partial charge in [0.15, 0.2) is 0 Å². The van der Waals surface area contributed by atoms with Gasteiger partial charge in [-0.2, -0.15) is 13.1 Å². The smallest absolute Gasteiger partial charge is 0.301 e. The number of benzene rings is 1. The Bertz CT molecular complexity index is 450. The molecule has 0 aliphatic rings. The summed E-state index contributed by atoms with van der Waals surface area (Å²) < 4.78 is 26.6. The predicted molar refractivity (Wildman–Crippen MR) is 63.9 cm³/mol. The molecule has 7 heteroatoms. The molecular weight excluding hydrogens is 252 g/mol. The summed E-state index contributed by atoms with van der Waals surface area (Å²) in [5, 5.41) is 8.91. The number of nitrogens with zero attached hydrogens (tertiary/aromatic N) is 1. The highest BCUT2D eigenvalue weighted by molar-refractivity contribution is 7.90. The summed E-state index contributed by atoms with van der Waals surface area (Å²) in [4.78, 5) is 0. The van der Waals surface area contributed by atoms with Crippen LogP contribution in [0.25, 0.3) is 0 Å². The number of nitrogens with one attached hydrogen (secondary N) is 1. The van der Waals surface area contributed by atoms with Gasteiger partial charge < -0.3 is 5.11 Å². The van der Waals surface area contributed by atoms with Gasteiger partial charge in [0.05, 0.1) is 17.3 Å². The maximum Gasteiger partial charge on any atom is 0.301 e. The van der Waals surface area contributed by atoms with E-state index in [-0.39, 0.29) is 13.2 Å². The SMILES string of the molecule is CN(c1ccccc1Cl)S(=O)(=O)NCCO. The molecule has 1 aromatic carbocycles. The number of para-hydroxylation sites is 1. The molecule has 2 N–H and O–H groups in total. The van der Waals surface area contributed by atoms with Crippen molar-refractivity contribution in [2.75, 3.05) is 24.5 Å². The summed E-state index contributed by atoms with van der Waals surface area (Å²) in [6.45, 7) is -0.285. The van der Waals surface area contributed by atoms with Gasteiger partial charge in [-0.1, -0.05) is 23.7 Å². The Balaban J connectivity index is 2.94. The zero-order valence-electron chi connectivity index (χ0n) is 8.72. The highest BCUT2D eigenvalue weighted by atomic mass is 35.5. The van der Waals surface area contributed by atoms with Crippen LogP contribution in [0.1, 0.15) is 0 Å². The maximum absolute atomic E-state index is 11.7. The van der Waals surface area contributed by atoms with Crippen molar-refractivity contribution in [1.29, 1.82) is 0 Å². The van der Waals surface area contributed by atoms with Crippen LogP contribution in [-0.4, -0.2) is 33.7 Å². The Labute approximate surface area is 99.8 Å². The van der Waals surface area contributed by atoms with Gasteiger partial charge in [0.2, 0.25) is 0 Å². The van der Waals surface area contributed by atoms with Crippen LogP contribution in [0.2, 0.25) is 5.02 Å². The first-order valence-corrected chi connectivity index (χ1v) is 6.39. The summed E-state index contributed by atoms with van der Waals surface area (Å²) in [5.74, 6) is 0. The highest BCUT2D eigenvalue weighted by Crippen LogP contribution is 2.25. The number of hydrogen-bond donors (Lipinski definition) is 2. The van der Waals surface area contributed by atoms with Crippen LogP contribution >= 0.6 is 11.6 Å². The molecule has 90 valence electrons. The third kappa shape index (κ3) is 3.08. The highest BCUT2D eigenvalue weighted by Gasteiger charge is 2.18. The molecule has 0 radical (unpaired) electrons. The molecule has 1 aromatic rings. The first-order valence-electron chi connectivity index (χ1n) is 4.58. The first-order chi connectivity index (χ1) is 7.49. The van der Waals surface area contributed by atoms with Gasteiger partial charge in [-0.25, -0.2) is 0 Å². The second-order valence-corrected chi connectivity index (χ2v) is 5.24. The van der Waals surface area contributed by atoms with Gasteiger partial charge in [-0.15, -0.1) is 0 Å². The van der Waals surface area contributed by atoms with Crippen LogP contribution in [0, 0.1) is 0 Å². The summed E-state index contributed by atoms with van der Waals surface area (Å²) in [6, 6.07) is 6.61. The topological polar surface area (TPSA) is 69.6 Å². The van der Waals surface area contributed by atoms with Crippen molar-refractivity contribution in [3.05, 3.63) is 29.3 Å². The average molecular weight is 265 g/mol. The number of anilines is 1. The van der Waals surface area contributed by atoms with Crippen molar-refractivity contribution >= 4 is 27.5 Å². The van der Waals surface area contributed by atoms with Gasteiger partial charge in [0.1, 0.15) is 0 Å². The Morgan fingerprint density at radius 3 is 2.62 bits per heavy atom. The molecule has 0 amide bonds. The zero-order chi connectivity index (χ0) is 12.2. The number of aliphatic hydroxyl groups is 1. The molecule has 16 heavy (non-hydrogen) atoms. The molecule has 0 aromatic heterocycles. The van der Waals surface area contributed by atoms with E-state index in [0.29, 0.717) is 10.7 Å². The molecule has 0 aliphatic carbocycles. The van der Waals surface area contributed by atoms with Crippen LogP contribution in [0.4, 0.5) is 5.69 Å².